The van der Waals surface area contributed by atoms with Crippen molar-refractivity contribution >= 4 is 27.3 Å². The van der Waals surface area contributed by atoms with E-state index >= 15 is 0 Å². The van der Waals surface area contributed by atoms with E-state index < -0.39 is 0 Å². The average Bonchev–Trinajstić information content (AvgIpc) is 2.81. The van der Waals surface area contributed by atoms with E-state index in [1.54, 1.807) is 11.3 Å². The van der Waals surface area contributed by atoms with Crippen molar-refractivity contribution < 1.29 is 0 Å². The summed E-state index contributed by atoms with van der Waals surface area (Å²) in [6.07, 6.45) is 2.81. The summed E-state index contributed by atoms with van der Waals surface area (Å²) < 4.78 is 1.12. The molecule has 1 N–H and O–H groups in total. The summed E-state index contributed by atoms with van der Waals surface area (Å²) in [5, 5.41) is 6.71. The monoisotopic (exact) mass is 310 g/mol. The maximum Gasteiger partial charge on any atom is 0.0943 e. The van der Waals surface area contributed by atoms with Gasteiger partial charge in [-0.2, -0.15) is 0 Å². The number of hydrogen-bond donors (Lipinski definition) is 1. The first-order chi connectivity index (χ1) is 8.29. The Labute approximate surface area is 114 Å². The number of rotatable bonds is 5. The molecule has 2 rings (SSSR count). The van der Waals surface area contributed by atoms with Gasteiger partial charge >= 0.3 is 0 Å². The van der Waals surface area contributed by atoms with Crippen LogP contribution in [-0.2, 0) is 6.42 Å². The zero-order chi connectivity index (χ0) is 12.1. The zero-order valence-electron chi connectivity index (χ0n) is 9.69. The van der Waals surface area contributed by atoms with Crippen LogP contribution in [0.1, 0.15) is 23.5 Å². The van der Waals surface area contributed by atoms with Crippen LogP contribution in [-0.4, -0.2) is 11.5 Å². The van der Waals surface area contributed by atoms with E-state index in [-0.39, 0.29) is 0 Å². The summed E-state index contributed by atoms with van der Waals surface area (Å²) in [6.45, 7) is 3.09. The smallest absolute Gasteiger partial charge is 0.0943 e. The molecule has 2 aromatic rings. The van der Waals surface area contributed by atoms with E-state index in [1.807, 2.05) is 11.6 Å². The van der Waals surface area contributed by atoms with Crippen LogP contribution in [0.2, 0.25) is 0 Å². The molecule has 17 heavy (non-hydrogen) atoms. The standard InChI is InChI=1S/C13H15BrN2S/c1-2-15-12(9-13-16-6-7-17-13)10-4-3-5-11(14)8-10/h3-8,12,15H,2,9H2,1H3. The van der Waals surface area contributed by atoms with Gasteiger partial charge in [0, 0.05) is 28.5 Å². The lowest BCUT2D eigenvalue weighted by atomic mass is 10.0. The summed E-state index contributed by atoms with van der Waals surface area (Å²) in [7, 11) is 0. The second kappa shape index (κ2) is 6.28. The molecule has 4 heteroatoms. The van der Waals surface area contributed by atoms with Crippen LogP contribution in [0.3, 0.4) is 0 Å². The molecule has 0 aliphatic heterocycles. The second-order valence-electron chi connectivity index (χ2n) is 3.80. The SMILES string of the molecule is CCNC(Cc1nccs1)c1cccc(Br)c1. The summed E-state index contributed by atoms with van der Waals surface area (Å²) in [5.74, 6) is 0. The maximum absolute atomic E-state index is 4.35. The maximum atomic E-state index is 4.35. The lowest BCUT2D eigenvalue weighted by Crippen LogP contribution is -2.22. The number of nitrogens with zero attached hydrogens (tertiary/aromatic N) is 1. The number of halogens is 1. The molecule has 0 amide bonds. The minimum atomic E-state index is 0.337. The van der Waals surface area contributed by atoms with Crippen molar-refractivity contribution in [2.45, 2.75) is 19.4 Å². The number of likely N-dealkylation sites (N-methyl/N-ethyl adjacent to an activating group) is 1. The molecule has 0 spiro atoms. The van der Waals surface area contributed by atoms with Crippen LogP contribution in [0.25, 0.3) is 0 Å². The first-order valence-electron chi connectivity index (χ1n) is 5.67. The third-order valence-electron chi connectivity index (χ3n) is 2.56. The number of aromatic nitrogens is 1. The summed E-state index contributed by atoms with van der Waals surface area (Å²) >= 11 is 5.23. The molecule has 2 nitrogen and oxygen atoms in total. The van der Waals surface area contributed by atoms with E-state index in [4.69, 9.17) is 0 Å². The highest BCUT2D eigenvalue weighted by molar-refractivity contribution is 9.10. The number of thiazole rings is 1. The van der Waals surface area contributed by atoms with E-state index in [1.165, 1.54) is 10.6 Å². The lowest BCUT2D eigenvalue weighted by Gasteiger charge is -2.17. The van der Waals surface area contributed by atoms with E-state index in [9.17, 15) is 0 Å². The van der Waals surface area contributed by atoms with Crippen molar-refractivity contribution in [1.82, 2.24) is 10.3 Å². The average molecular weight is 311 g/mol. The van der Waals surface area contributed by atoms with Crippen LogP contribution < -0.4 is 5.32 Å². The van der Waals surface area contributed by atoms with Gasteiger partial charge in [-0.05, 0) is 24.2 Å². The molecule has 0 saturated heterocycles. The first kappa shape index (κ1) is 12.7. The highest BCUT2D eigenvalue weighted by atomic mass is 79.9. The fourth-order valence-electron chi connectivity index (χ4n) is 1.81. The van der Waals surface area contributed by atoms with Gasteiger partial charge in [0.25, 0.3) is 0 Å². The second-order valence-corrected chi connectivity index (χ2v) is 5.69. The molecule has 0 saturated carbocycles. The Balaban J connectivity index is 2.16. The Morgan fingerprint density at radius 3 is 3.00 bits per heavy atom. The van der Waals surface area contributed by atoms with Gasteiger partial charge in [0.2, 0.25) is 0 Å². The van der Waals surface area contributed by atoms with Crippen LogP contribution in [0.5, 0.6) is 0 Å². The molecular weight excluding hydrogens is 296 g/mol. The Morgan fingerprint density at radius 2 is 2.35 bits per heavy atom. The zero-order valence-corrected chi connectivity index (χ0v) is 12.1. The fourth-order valence-corrected chi connectivity index (χ4v) is 2.89. The van der Waals surface area contributed by atoms with Gasteiger partial charge in [-0.1, -0.05) is 35.0 Å². The van der Waals surface area contributed by atoms with E-state index in [0.29, 0.717) is 6.04 Å². The van der Waals surface area contributed by atoms with E-state index in [2.05, 4.69) is 57.4 Å². The molecule has 1 heterocycles. The van der Waals surface area contributed by atoms with E-state index in [0.717, 1.165) is 17.4 Å². The van der Waals surface area contributed by atoms with Crippen LogP contribution in [0.4, 0.5) is 0 Å². The van der Waals surface area contributed by atoms with Crippen molar-refractivity contribution in [1.29, 1.82) is 0 Å². The highest BCUT2D eigenvalue weighted by Crippen LogP contribution is 2.22. The van der Waals surface area contributed by atoms with Crippen molar-refractivity contribution in [2.75, 3.05) is 6.54 Å². The molecular formula is C13H15BrN2S. The van der Waals surface area contributed by atoms with Gasteiger partial charge in [-0.3, -0.25) is 0 Å². The Hall–Kier alpha value is -0.710. The lowest BCUT2D eigenvalue weighted by molar-refractivity contribution is 0.548. The number of nitrogens with one attached hydrogen (secondary N) is 1. The van der Waals surface area contributed by atoms with Crippen LogP contribution >= 0.6 is 27.3 Å². The molecule has 1 atom stereocenters. The molecule has 0 radical (unpaired) electrons. The van der Waals surface area contributed by atoms with Crippen molar-refractivity contribution in [2.24, 2.45) is 0 Å². The molecule has 0 aliphatic rings. The third-order valence-corrected chi connectivity index (χ3v) is 3.86. The van der Waals surface area contributed by atoms with Crippen molar-refractivity contribution in [3.63, 3.8) is 0 Å². The molecule has 0 bridgehead atoms. The summed E-state index contributed by atoms with van der Waals surface area (Å²) in [4.78, 5) is 4.35. The van der Waals surface area contributed by atoms with Crippen LogP contribution in [0.15, 0.2) is 40.3 Å². The largest absolute Gasteiger partial charge is 0.310 e. The van der Waals surface area contributed by atoms with Crippen LogP contribution in [0, 0.1) is 0 Å². The van der Waals surface area contributed by atoms with Gasteiger partial charge in [0.05, 0.1) is 5.01 Å². The normalized spacial score (nSPS) is 12.6. The predicted octanol–water partition coefficient (Wildman–Crippen LogP) is 3.80. The summed E-state index contributed by atoms with van der Waals surface area (Å²) in [5.41, 5.74) is 1.30. The molecule has 1 aromatic heterocycles. The minimum Gasteiger partial charge on any atom is -0.310 e. The van der Waals surface area contributed by atoms with Gasteiger partial charge in [-0.15, -0.1) is 11.3 Å². The molecule has 1 aromatic carbocycles. The Morgan fingerprint density at radius 1 is 1.47 bits per heavy atom. The van der Waals surface area contributed by atoms with Crippen molar-refractivity contribution in [3.05, 3.63) is 50.9 Å². The minimum absolute atomic E-state index is 0.337. The Bertz CT molecular complexity index is 456. The number of benzene rings is 1. The molecule has 1 unspecified atom stereocenters. The van der Waals surface area contributed by atoms with Gasteiger partial charge in [-0.25, -0.2) is 4.98 Å². The topological polar surface area (TPSA) is 24.9 Å². The molecule has 0 fully saturated rings. The first-order valence-corrected chi connectivity index (χ1v) is 7.34. The van der Waals surface area contributed by atoms with Crippen molar-refractivity contribution in [3.8, 4) is 0 Å². The van der Waals surface area contributed by atoms with Gasteiger partial charge in [0.15, 0.2) is 0 Å². The van der Waals surface area contributed by atoms with Gasteiger partial charge in [0.1, 0.15) is 0 Å². The third kappa shape index (κ3) is 3.63. The highest BCUT2D eigenvalue weighted by Gasteiger charge is 2.12. The summed E-state index contributed by atoms with van der Waals surface area (Å²) in [6, 6.07) is 8.79. The predicted molar refractivity (Wildman–Crippen MR) is 76.4 cm³/mol. The molecule has 0 aliphatic carbocycles. The fraction of sp³-hybridized carbons (Fsp3) is 0.308. The number of hydrogen-bond acceptors (Lipinski definition) is 3. The Kier molecular flexibility index (Phi) is 4.71. The molecule has 90 valence electrons. The quantitative estimate of drug-likeness (QED) is 0.908. The van der Waals surface area contributed by atoms with Gasteiger partial charge < -0.3 is 5.32 Å².